The second-order valence-electron chi connectivity index (χ2n) is 8.55. The number of nitrogens with one attached hydrogen (secondary N) is 1. The number of anilines is 1. The Morgan fingerprint density at radius 1 is 1.35 bits per heavy atom. The Kier molecular flexibility index (Phi) is 8.69. The number of thiazole rings is 1. The van der Waals surface area contributed by atoms with Gasteiger partial charge in [0.2, 0.25) is 6.61 Å². The molecule has 1 aromatic heterocycles. The number of esters is 1. The highest BCUT2D eigenvalue weighted by Crippen LogP contribution is 2.40. The zero-order chi connectivity index (χ0) is 27.3. The molecule has 1 unspecified atom stereocenters. The van der Waals surface area contributed by atoms with Crippen molar-refractivity contribution in [1.29, 1.82) is 0 Å². The number of nitrogen functional groups attached to an aromatic ring is 1. The Bertz CT molecular complexity index is 1170. The maximum absolute atomic E-state index is 12.8. The number of carboxylic acids is 1. The highest BCUT2D eigenvalue weighted by Gasteiger charge is 2.54. The number of fused-ring (bicyclic) bond motifs is 1. The van der Waals surface area contributed by atoms with E-state index in [9.17, 15) is 24.3 Å². The smallest absolute Gasteiger partial charge is 0.352 e. The molecule has 200 valence electrons. The first-order valence-corrected chi connectivity index (χ1v) is 12.6. The summed E-state index contributed by atoms with van der Waals surface area (Å²) < 4.78 is 5.07. The minimum atomic E-state index is -1.33. The van der Waals surface area contributed by atoms with Crippen LogP contribution in [0.3, 0.4) is 0 Å². The molecule has 3 heterocycles. The van der Waals surface area contributed by atoms with Crippen molar-refractivity contribution in [3.63, 3.8) is 0 Å². The lowest BCUT2D eigenvalue weighted by Crippen LogP contribution is -2.71. The standard InChI is InChI=1S/C20H25N7O8S2/c1-20(2,3)35-11(28)6-34-26-22-5-9-7-36-17-13(16(30)27(17)14(9)18(31)32)24-15(29)12(25-33-4)10-8-37-19(21)23-10/h8,13,17H,5-7H2,1-4H3,(H2,21,23)(H,24,29)(H,31,32)/t13?,17-/m0/s1. The zero-order valence-electron chi connectivity index (χ0n) is 20.3. The summed E-state index contributed by atoms with van der Waals surface area (Å²) in [6.45, 7) is 4.48. The van der Waals surface area contributed by atoms with Crippen molar-refractivity contribution in [2.45, 2.75) is 37.8 Å². The minimum absolute atomic E-state index is 0.174. The molecule has 0 aliphatic carbocycles. The summed E-state index contributed by atoms with van der Waals surface area (Å²) in [5.74, 6) is -3.11. The lowest BCUT2D eigenvalue weighted by molar-refractivity contribution is -0.160. The Morgan fingerprint density at radius 3 is 2.68 bits per heavy atom. The molecule has 2 aliphatic heterocycles. The molecule has 1 fully saturated rings. The normalized spacial score (nSPS) is 19.8. The minimum Gasteiger partial charge on any atom is -0.477 e. The topological polar surface area (TPSA) is 207 Å². The molecule has 15 nitrogen and oxygen atoms in total. The largest absolute Gasteiger partial charge is 0.477 e. The van der Waals surface area contributed by atoms with Crippen LogP contribution in [0.1, 0.15) is 26.5 Å². The average Bonchev–Trinajstić information content (AvgIpc) is 3.24. The first kappa shape index (κ1) is 27.9. The van der Waals surface area contributed by atoms with Crippen LogP contribution < -0.4 is 11.1 Å². The van der Waals surface area contributed by atoms with Gasteiger partial charge in [-0.1, -0.05) is 5.16 Å². The third-order valence-corrected chi connectivity index (χ3v) is 6.69. The van der Waals surface area contributed by atoms with Gasteiger partial charge in [-0.25, -0.2) is 14.6 Å². The van der Waals surface area contributed by atoms with Crippen molar-refractivity contribution >= 4 is 57.7 Å². The van der Waals surface area contributed by atoms with Gasteiger partial charge in [-0.05, 0) is 26.3 Å². The van der Waals surface area contributed by atoms with Crippen molar-refractivity contribution in [3.8, 4) is 0 Å². The number of nitrogens with zero attached hydrogens (tertiary/aromatic N) is 5. The van der Waals surface area contributed by atoms with E-state index in [1.807, 2.05) is 0 Å². The molecular weight excluding hydrogens is 530 g/mol. The summed E-state index contributed by atoms with van der Waals surface area (Å²) in [7, 11) is 1.25. The van der Waals surface area contributed by atoms with Crippen LogP contribution in [0.2, 0.25) is 0 Å². The second kappa shape index (κ2) is 11.5. The number of hydrogen-bond acceptors (Lipinski definition) is 14. The predicted octanol–water partition coefficient (Wildman–Crippen LogP) is 0.540. The molecule has 0 spiro atoms. The van der Waals surface area contributed by atoms with E-state index in [1.165, 1.54) is 24.3 Å². The first-order valence-electron chi connectivity index (χ1n) is 10.7. The number of β-lactam (4-membered cyclic amide) rings is 1. The van der Waals surface area contributed by atoms with E-state index in [-0.39, 0.29) is 34.5 Å². The van der Waals surface area contributed by atoms with E-state index in [4.69, 9.17) is 20.1 Å². The van der Waals surface area contributed by atoms with E-state index in [1.54, 1.807) is 20.8 Å². The molecule has 3 rings (SSSR count). The predicted molar refractivity (Wildman–Crippen MR) is 131 cm³/mol. The van der Waals surface area contributed by atoms with E-state index < -0.39 is 47.4 Å². The molecule has 2 atom stereocenters. The maximum Gasteiger partial charge on any atom is 0.352 e. The highest BCUT2D eigenvalue weighted by molar-refractivity contribution is 8.00. The van der Waals surface area contributed by atoms with Crippen molar-refractivity contribution in [2.24, 2.45) is 15.5 Å². The third kappa shape index (κ3) is 6.73. The van der Waals surface area contributed by atoms with Crippen LogP contribution in [0.5, 0.6) is 0 Å². The molecule has 0 saturated carbocycles. The number of ether oxygens (including phenoxy) is 1. The van der Waals surface area contributed by atoms with Gasteiger partial charge >= 0.3 is 11.9 Å². The van der Waals surface area contributed by atoms with E-state index >= 15 is 0 Å². The number of amides is 2. The molecule has 0 bridgehead atoms. The van der Waals surface area contributed by atoms with Gasteiger partial charge < -0.3 is 30.6 Å². The molecule has 1 saturated heterocycles. The molecule has 2 aliphatic rings. The number of aromatic nitrogens is 1. The summed E-state index contributed by atoms with van der Waals surface area (Å²) in [4.78, 5) is 63.8. The Labute approximate surface area is 219 Å². The molecule has 1 aromatic rings. The number of rotatable bonds is 10. The summed E-state index contributed by atoms with van der Waals surface area (Å²) >= 11 is 2.35. The van der Waals surface area contributed by atoms with Crippen LogP contribution in [0.15, 0.2) is 32.2 Å². The monoisotopic (exact) mass is 555 g/mol. The van der Waals surface area contributed by atoms with Crippen LogP contribution in [0.4, 0.5) is 5.13 Å². The Morgan fingerprint density at radius 2 is 2.08 bits per heavy atom. The number of carboxylic acid groups (broad SMARTS) is 1. The van der Waals surface area contributed by atoms with Crippen LogP contribution in [-0.4, -0.2) is 87.5 Å². The number of aliphatic carboxylic acids is 1. The highest BCUT2D eigenvalue weighted by atomic mass is 32.2. The van der Waals surface area contributed by atoms with Crippen molar-refractivity contribution in [3.05, 3.63) is 22.3 Å². The van der Waals surface area contributed by atoms with Gasteiger partial charge in [-0.15, -0.1) is 28.2 Å². The van der Waals surface area contributed by atoms with Crippen LogP contribution >= 0.6 is 23.1 Å². The summed E-state index contributed by atoms with van der Waals surface area (Å²) in [5.41, 5.74) is 5.01. The molecule has 17 heteroatoms. The molecule has 2 amide bonds. The van der Waals surface area contributed by atoms with E-state index in [2.05, 4.69) is 25.8 Å². The van der Waals surface area contributed by atoms with Gasteiger partial charge in [0.05, 0.1) is 6.54 Å². The fourth-order valence-corrected chi connectivity index (χ4v) is 5.20. The molecule has 0 radical (unpaired) electrons. The number of oxime groups is 1. The summed E-state index contributed by atoms with van der Waals surface area (Å²) in [6.07, 6.45) is 0. The Hall–Kier alpha value is -3.73. The van der Waals surface area contributed by atoms with Crippen LogP contribution in [0, 0.1) is 0 Å². The maximum atomic E-state index is 12.8. The average molecular weight is 556 g/mol. The van der Waals surface area contributed by atoms with Gasteiger partial charge in [0.15, 0.2) is 10.8 Å². The number of thioether (sulfide) groups is 1. The van der Waals surface area contributed by atoms with Crippen molar-refractivity contribution in [1.82, 2.24) is 15.2 Å². The van der Waals surface area contributed by atoms with Gasteiger partial charge in [0, 0.05) is 16.4 Å². The quantitative estimate of drug-likeness (QED) is 0.119. The number of carbonyl (C=O) groups is 4. The Balaban J connectivity index is 1.64. The van der Waals surface area contributed by atoms with Crippen LogP contribution in [0.25, 0.3) is 0 Å². The second-order valence-corrected chi connectivity index (χ2v) is 10.5. The lowest BCUT2D eigenvalue weighted by Gasteiger charge is -2.49. The fraction of sp³-hybridized carbons (Fsp3) is 0.500. The number of hydrogen-bond donors (Lipinski definition) is 3. The first-order chi connectivity index (χ1) is 17.4. The lowest BCUT2D eigenvalue weighted by atomic mass is 10.0. The summed E-state index contributed by atoms with van der Waals surface area (Å²) in [5, 5.41) is 24.2. The van der Waals surface area contributed by atoms with Crippen molar-refractivity contribution < 1.29 is 38.7 Å². The zero-order valence-corrected chi connectivity index (χ0v) is 21.9. The molecular formula is C20H25N7O8S2. The number of nitrogens with two attached hydrogens (primary N) is 1. The molecule has 4 N–H and O–H groups in total. The van der Waals surface area contributed by atoms with E-state index in [0.717, 1.165) is 16.2 Å². The van der Waals surface area contributed by atoms with Gasteiger partial charge in [0.1, 0.15) is 35.5 Å². The molecule has 37 heavy (non-hydrogen) atoms. The van der Waals surface area contributed by atoms with Gasteiger partial charge in [-0.3, -0.25) is 14.5 Å². The SMILES string of the molecule is CON=C(C(=O)NC1C(=O)N2C(C(=O)O)=C(CN=NOCC(=O)OC(C)(C)C)CS[C@@H]12)c1csc(N)n1. The van der Waals surface area contributed by atoms with Gasteiger partial charge in [0.25, 0.3) is 11.8 Å². The number of carbonyl (C=O) groups excluding carboxylic acids is 3. The van der Waals surface area contributed by atoms with Crippen molar-refractivity contribution in [2.75, 3.05) is 31.7 Å². The van der Waals surface area contributed by atoms with Gasteiger partial charge in [-0.2, -0.15) is 0 Å². The van der Waals surface area contributed by atoms with Crippen LogP contribution in [-0.2, 0) is 33.6 Å². The molecule has 0 aromatic carbocycles. The van der Waals surface area contributed by atoms with E-state index in [0.29, 0.717) is 5.57 Å². The fourth-order valence-electron chi connectivity index (χ4n) is 3.31. The summed E-state index contributed by atoms with van der Waals surface area (Å²) in [6, 6.07) is -0.995. The third-order valence-electron chi connectivity index (χ3n) is 4.68.